The summed E-state index contributed by atoms with van der Waals surface area (Å²) in [5.74, 6) is 0.692. The minimum absolute atomic E-state index is 0.643. The van der Waals surface area contributed by atoms with Crippen molar-refractivity contribution >= 4 is 0 Å². The maximum atomic E-state index is 8.75. The van der Waals surface area contributed by atoms with Gasteiger partial charge in [0.05, 0.1) is 11.6 Å². The smallest absolute Gasteiger partial charge is 0.159 e. The van der Waals surface area contributed by atoms with E-state index in [0.29, 0.717) is 11.4 Å². The Morgan fingerprint density at radius 3 is 2.42 bits per heavy atom. The van der Waals surface area contributed by atoms with Gasteiger partial charge in [-0.05, 0) is 49.1 Å². The van der Waals surface area contributed by atoms with Gasteiger partial charge in [0.25, 0.3) is 0 Å². The fourth-order valence-corrected chi connectivity index (χ4v) is 1.78. The van der Waals surface area contributed by atoms with E-state index in [2.05, 4.69) is 22.6 Å². The summed E-state index contributed by atoms with van der Waals surface area (Å²) in [7, 11) is 0. The molecule has 0 saturated heterocycles. The number of rotatable bonds is 5. The van der Waals surface area contributed by atoms with Gasteiger partial charge in [-0.3, -0.25) is 0 Å². The maximum absolute atomic E-state index is 8.75. The second-order valence-corrected chi connectivity index (χ2v) is 4.28. The van der Waals surface area contributed by atoms with Gasteiger partial charge in [0.15, 0.2) is 5.82 Å². The largest absolute Gasteiger partial charge is 0.236 e. The first-order valence-electron chi connectivity index (χ1n) is 6.26. The van der Waals surface area contributed by atoms with E-state index in [9.17, 15) is 0 Å². The zero-order valence-corrected chi connectivity index (χ0v) is 10.7. The summed E-state index contributed by atoms with van der Waals surface area (Å²) in [5.41, 5.74) is 2.71. The molecule has 0 spiro atoms. The van der Waals surface area contributed by atoms with Crippen LogP contribution in [0.1, 0.15) is 24.0 Å². The number of hydrogen-bond acceptors (Lipinski definition) is 3. The van der Waals surface area contributed by atoms with Crippen LogP contribution >= 0.6 is 0 Å². The molecule has 1 heterocycles. The Kier molecular flexibility index (Phi) is 4.41. The Hall–Kier alpha value is -2.47. The summed E-state index contributed by atoms with van der Waals surface area (Å²) in [6, 6.07) is 9.38. The molecular weight excluding hydrogens is 234 g/mol. The van der Waals surface area contributed by atoms with E-state index in [4.69, 9.17) is 5.26 Å². The fourth-order valence-electron chi connectivity index (χ4n) is 1.78. The van der Waals surface area contributed by atoms with Gasteiger partial charge in [-0.15, -0.1) is 6.58 Å². The Labute approximate surface area is 113 Å². The summed E-state index contributed by atoms with van der Waals surface area (Å²) in [5, 5.41) is 8.75. The summed E-state index contributed by atoms with van der Waals surface area (Å²) in [6.45, 7) is 3.71. The van der Waals surface area contributed by atoms with Crippen LogP contribution in [0.15, 0.2) is 49.3 Å². The molecule has 0 saturated carbocycles. The number of aryl methyl sites for hydroxylation is 1. The highest BCUT2D eigenvalue weighted by atomic mass is 14.9. The Morgan fingerprint density at radius 2 is 1.84 bits per heavy atom. The van der Waals surface area contributed by atoms with E-state index in [1.807, 2.05) is 30.6 Å². The average Bonchev–Trinajstić information content (AvgIpc) is 2.48. The number of nitrogens with zero attached hydrogens (tertiary/aromatic N) is 3. The van der Waals surface area contributed by atoms with Crippen molar-refractivity contribution < 1.29 is 0 Å². The quantitative estimate of drug-likeness (QED) is 0.601. The Balaban J connectivity index is 2.08. The molecular formula is C16H15N3. The number of unbranched alkanes of at least 4 members (excludes halogenated alkanes) is 1. The van der Waals surface area contributed by atoms with Crippen LogP contribution in [0.5, 0.6) is 0 Å². The van der Waals surface area contributed by atoms with Crippen molar-refractivity contribution in [3.05, 3.63) is 60.4 Å². The molecule has 2 aromatic rings. The molecule has 0 unspecified atom stereocenters. The molecule has 94 valence electrons. The van der Waals surface area contributed by atoms with Gasteiger partial charge in [-0.25, -0.2) is 9.97 Å². The van der Waals surface area contributed by atoms with Crippen LogP contribution in [0.3, 0.4) is 0 Å². The molecule has 19 heavy (non-hydrogen) atoms. The number of benzene rings is 1. The lowest BCUT2D eigenvalue weighted by molar-refractivity contribution is 0.833. The molecule has 0 radical (unpaired) electrons. The first-order chi connectivity index (χ1) is 9.33. The summed E-state index contributed by atoms with van der Waals surface area (Å²) in [6.07, 6.45) is 8.71. The highest BCUT2D eigenvalue weighted by Gasteiger charge is 2.01. The maximum Gasteiger partial charge on any atom is 0.159 e. The first kappa shape index (κ1) is 13.0. The number of aromatic nitrogens is 2. The van der Waals surface area contributed by atoms with Crippen molar-refractivity contribution in [3.63, 3.8) is 0 Å². The third kappa shape index (κ3) is 3.49. The second-order valence-electron chi connectivity index (χ2n) is 4.28. The molecule has 0 aliphatic carbocycles. The third-order valence-electron chi connectivity index (χ3n) is 2.85. The highest BCUT2D eigenvalue weighted by Crippen LogP contribution is 2.15. The van der Waals surface area contributed by atoms with E-state index in [1.54, 1.807) is 12.1 Å². The molecule has 1 aromatic carbocycles. The zero-order chi connectivity index (χ0) is 13.5. The molecule has 3 nitrogen and oxygen atoms in total. The lowest BCUT2D eigenvalue weighted by Crippen LogP contribution is -1.93. The molecule has 1 aromatic heterocycles. The van der Waals surface area contributed by atoms with Crippen molar-refractivity contribution in [2.24, 2.45) is 0 Å². The van der Waals surface area contributed by atoms with E-state index < -0.39 is 0 Å². The van der Waals surface area contributed by atoms with Crippen molar-refractivity contribution in [2.45, 2.75) is 19.3 Å². The van der Waals surface area contributed by atoms with E-state index in [1.165, 1.54) is 0 Å². The predicted octanol–water partition coefficient (Wildman–Crippen LogP) is 3.52. The van der Waals surface area contributed by atoms with Gasteiger partial charge in [-0.2, -0.15) is 5.26 Å². The predicted molar refractivity (Wildman–Crippen MR) is 75.3 cm³/mol. The monoisotopic (exact) mass is 249 g/mol. The molecule has 0 aliphatic rings. The van der Waals surface area contributed by atoms with Crippen LogP contribution in [-0.4, -0.2) is 9.97 Å². The van der Waals surface area contributed by atoms with Gasteiger partial charge in [0.1, 0.15) is 0 Å². The molecule has 0 aliphatic heterocycles. The highest BCUT2D eigenvalue weighted by molar-refractivity contribution is 5.56. The van der Waals surface area contributed by atoms with Crippen LogP contribution in [0.25, 0.3) is 11.4 Å². The molecule has 3 heteroatoms. The van der Waals surface area contributed by atoms with Crippen molar-refractivity contribution in [2.75, 3.05) is 0 Å². The van der Waals surface area contributed by atoms with Gasteiger partial charge >= 0.3 is 0 Å². The SMILES string of the molecule is C=CCCCc1cnc(-c2ccc(C#N)cc2)nc1. The average molecular weight is 249 g/mol. The molecule has 0 N–H and O–H groups in total. The van der Waals surface area contributed by atoms with Crippen LogP contribution in [-0.2, 0) is 6.42 Å². The normalized spacial score (nSPS) is 9.84. The third-order valence-corrected chi connectivity index (χ3v) is 2.85. The van der Waals surface area contributed by atoms with Crippen molar-refractivity contribution in [3.8, 4) is 17.5 Å². The van der Waals surface area contributed by atoms with Crippen molar-refractivity contribution in [1.82, 2.24) is 9.97 Å². The topological polar surface area (TPSA) is 49.6 Å². The molecule has 0 fully saturated rings. The summed E-state index contributed by atoms with van der Waals surface area (Å²) >= 11 is 0. The van der Waals surface area contributed by atoms with Gasteiger partial charge < -0.3 is 0 Å². The standard InChI is InChI=1S/C16H15N3/c1-2-3-4-5-14-11-18-16(19-12-14)15-8-6-13(10-17)7-9-15/h2,6-9,11-12H,1,3-5H2. The van der Waals surface area contributed by atoms with Gasteiger partial charge in [0, 0.05) is 18.0 Å². The summed E-state index contributed by atoms with van der Waals surface area (Å²) in [4.78, 5) is 8.73. The number of allylic oxidation sites excluding steroid dienone is 1. The van der Waals surface area contributed by atoms with Gasteiger partial charge in [-0.1, -0.05) is 6.08 Å². The van der Waals surface area contributed by atoms with Crippen LogP contribution < -0.4 is 0 Å². The molecule has 0 bridgehead atoms. The lowest BCUT2D eigenvalue weighted by atomic mass is 10.1. The van der Waals surface area contributed by atoms with Crippen molar-refractivity contribution in [1.29, 1.82) is 5.26 Å². The first-order valence-corrected chi connectivity index (χ1v) is 6.26. The number of nitriles is 1. The fraction of sp³-hybridized carbons (Fsp3) is 0.188. The van der Waals surface area contributed by atoms with Gasteiger partial charge in [0.2, 0.25) is 0 Å². The number of hydrogen-bond donors (Lipinski definition) is 0. The lowest BCUT2D eigenvalue weighted by Gasteiger charge is -2.02. The second kappa shape index (κ2) is 6.46. The van der Waals surface area contributed by atoms with Crippen LogP contribution in [0.4, 0.5) is 0 Å². The van der Waals surface area contributed by atoms with Crippen LogP contribution in [0, 0.1) is 11.3 Å². The Morgan fingerprint density at radius 1 is 1.16 bits per heavy atom. The molecule has 0 amide bonds. The molecule has 2 rings (SSSR count). The minimum Gasteiger partial charge on any atom is -0.236 e. The Bertz CT molecular complexity index is 577. The van der Waals surface area contributed by atoms with E-state index in [0.717, 1.165) is 30.4 Å². The van der Waals surface area contributed by atoms with E-state index >= 15 is 0 Å². The zero-order valence-electron chi connectivity index (χ0n) is 10.7. The minimum atomic E-state index is 0.643. The molecule has 0 atom stereocenters. The summed E-state index contributed by atoms with van der Waals surface area (Å²) < 4.78 is 0. The van der Waals surface area contributed by atoms with Crippen LogP contribution in [0.2, 0.25) is 0 Å². The van der Waals surface area contributed by atoms with E-state index in [-0.39, 0.29) is 0 Å².